The van der Waals surface area contributed by atoms with Crippen molar-refractivity contribution >= 4 is 10.0 Å². The fourth-order valence-electron chi connectivity index (χ4n) is 3.21. The van der Waals surface area contributed by atoms with E-state index in [9.17, 15) is 8.42 Å². The van der Waals surface area contributed by atoms with Crippen molar-refractivity contribution in [1.82, 2.24) is 9.62 Å². The summed E-state index contributed by atoms with van der Waals surface area (Å²) < 4.78 is 26.7. The molecule has 4 nitrogen and oxygen atoms in total. The van der Waals surface area contributed by atoms with Gasteiger partial charge in [-0.25, -0.2) is 8.42 Å². The zero-order valence-electron chi connectivity index (χ0n) is 11.9. The van der Waals surface area contributed by atoms with E-state index in [0.717, 1.165) is 38.6 Å². The Bertz CT molecular complexity index is 592. The quantitative estimate of drug-likeness (QED) is 0.916. The number of hydrogen-bond donors (Lipinski definition) is 1. The molecule has 0 amide bonds. The van der Waals surface area contributed by atoms with Crippen LogP contribution < -0.4 is 5.32 Å². The van der Waals surface area contributed by atoms with E-state index in [1.54, 1.807) is 13.1 Å². The predicted molar refractivity (Wildman–Crippen MR) is 79.3 cm³/mol. The van der Waals surface area contributed by atoms with Crippen LogP contribution in [0.5, 0.6) is 0 Å². The van der Waals surface area contributed by atoms with E-state index in [0.29, 0.717) is 17.5 Å². The molecule has 1 N–H and O–H groups in total. The summed E-state index contributed by atoms with van der Waals surface area (Å²) in [6.45, 7) is 1.55. The molecule has 0 bridgehead atoms. The molecule has 1 heterocycles. The molecular weight excluding hydrogens is 272 g/mol. The van der Waals surface area contributed by atoms with Crippen molar-refractivity contribution in [2.24, 2.45) is 0 Å². The van der Waals surface area contributed by atoms with Crippen LogP contribution in [0, 0.1) is 0 Å². The lowest BCUT2D eigenvalue weighted by atomic mass is 10.1. The predicted octanol–water partition coefficient (Wildman–Crippen LogP) is 1.55. The zero-order chi connectivity index (χ0) is 14.2. The lowest BCUT2D eigenvalue weighted by Crippen LogP contribution is -2.38. The Hall–Kier alpha value is -0.910. The monoisotopic (exact) mass is 294 g/mol. The molecule has 1 aliphatic carbocycles. The van der Waals surface area contributed by atoms with Crippen molar-refractivity contribution < 1.29 is 8.42 Å². The van der Waals surface area contributed by atoms with E-state index in [1.807, 2.05) is 12.1 Å². The Morgan fingerprint density at radius 3 is 2.80 bits per heavy atom. The molecule has 2 aliphatic rings. The number of hydrogen-bond acceptors (Lipinski definition) is 3. The summed E-state index contributed by atoms with van der Waals surface area (Å²) in [7, 11) is -1.67. The first-order valence-electron chi connectivity index (χ1n) is 7.39. The lowest BCUT2D eigenvalue weighted by Gasteiger charge is -2.21. The maximum atomic E-state index is 12.6. The molecule has 1 unspecified atom stereocenters. The van der Waals surface area contributed by atoms with Gasteiger partial charge in [-0.05, 0) is 61.9 Å². The number of sulfonamides is 1. The minimum atomic E-state index is -3.35. The van der Waals surface area contributed by atoms with Crippen molar-refractivity contribution in [2.75, 3.05) is 20.1 Å². The third-order valence-corrected chi connectivity index (χ3v) is 6.24. The summed E-state index contributed by atoms with van der Waals surface area (Å²) in [6, 6.07) is 5.91. The average molecular weight is 294 g/mol. The second-order valence-corrected chi connectivity index (χ2v) is 7.91. The van der Waals surface area contributed by atoms with Crippen LogP contribution in [0.3, 0.4) is 0 Å². The van der Waals surface area contributed by atoms with Gasteiger partial charge < -0.3 is 5.32 Å². The van der Waals surface area contributed by atoms with Crippen molar-refractivity contribution in [1.29, 1.82) is 0 Å². The molecule has 0 radical (unpaired) electrons. The first kappa shape index (κ1) is 14.0. The molecule has 1 saturated heterocycles. The summed E-state index contributed by atoms with van der Waals surface area (Å²) in [5.74, 6) is 0. The van der Waals surface area contributed by atoms with Gasteiger partial charge in [-0.1, -0.05) is 6.07 Å². The van der Waals surface area contributed by atoms with E-state index in [4.69, 9.17) is 0 Å². The number of likely N-dealkylation sites (N-methyl/N-ethyl adjacent to an activating group) is 1. The highest BCUT2D eigenvalue weighted by atomic mass is 32.2. The lowest BCUT2D eigenvalue weighted by molar-refractivity contribution is 0.417. The molecular formula is C15H22N2O2S. The molecule has 0 saturated carbocycles. The molecule has 0 aromatic heterocycles. The largest absolute Gasteiger partial charge is 0.313 e. The number of rotatable bonds is 4. The molecule has 1 aromatic carbocycles. The molecule has 1 aliphatic heterocycles. The van der Waals surface area contributed by atoms with Crippen molar-refractivity contribution in [2.45, 2.75) is 43.0 Å². The topological polar surface area (TPSA) is 49.4 Å². The Morgan fingerprint density at radius 2 is 2.05 bits per heavy atom. The highest BCUT2D eigenvalue weighted by molar-refractivity contribution is 7.89. The Kier molecular flexibility index (Phi) is 3.84. The van der Waals surface area contributed by atoms with E-state index in [-0.39, 0.29) is 0 Å². The minimum absolute atomic E-state index is 0.296. The van der Waals surface area contributed by atoms with Crippen LogP contribution in [0.2, 0.25) is 0 Å². The Morgan fingerprint density at radius 1 is 1.25 bits per heavy atom. The van der Waals surface area contributed by atoms with E-state index < -0.39 is 10.0 Å². The Balaban J connectivity index is 1.79. The van der Waals surface area contributed by atoms with Crippen LogP contribution in [-0.4, -0.2) is 38.9 Å². The second kappa shape index (κ2) is 5.47. The fraction of sp³-hybridized carbons (Fsp3) is 0.600. The molecule has 3 rings (SSSR count). The molecule has 1 atom stereocenters. The van der Waals surface area contributed by atoms with Gasteiger partial charge in [-0.2, -0.15) is 4.31 Å². The Labute approximate surface area is 121 Å². The van der Waals surface area contributed by atoms with Crippen LogP contribution >= 0.6 is 0 Å². The molecule has 5 heteroatoms. The second-order valence-electron chi connectivity index (χ2n) is 5.86. The van der Waals surface area contributed by atoms with Crippen LogP contribution in [0.25, 0.3) is 0 Å². The van der Waals surface area contributed by atoms with Gasteiger partial charge in [0.25, 0.3) is 0 Å². The van der Waals surface area contributed by atoms with E-state index in [2.05, 4.69) is 5.32 Å². The molecule has 20 heavy (non-hydrogen) atoms. The molecule has 1 aromatic rings. The smallest absolute Gasteiger partial charge is 0.242 e. The highest BCUT2D eigenvalue weighted by Gasteiger charge is 2.26. The van der Waals surface area contributed by atoms with Crippen LogP contribution in [0.1, 0.15) is 30.4 Å². The molecule has 110 valence electrons. The summed E-state index contributed by atoms with van der Waals surface area (Å²) in [5, 5.41) is 3.35. The maximum Gasteiger partial charge on any atom is 0.242 e. The summed E-state index contributed by atoms with van der Waals surface area (Å²) in [5.41, 5.74) is 2.52. The van der Waals surface area contributed by atoms with Gasteiger partial charge in [-0.15, -0.1) is 0 Å². The summed E-state index contributed by atoms with van der Waals surface area (Å²) >= 11 is 0. The van der Waals surface area contributed by atoms with Gasteiger partial charge >= 0.3 is 0 Å². The summed E-state index contributed by atoms with van der Waals surface area (Å²) in [4.78, 5) is 0.443. The first-order chi connectivity index (χ1) is 9.57. The van der Waals surface area contributed by atoms with Gasteiger partial charge in [0.2, 0.25) is 10.0 Å². The van der Waals surface area contributed by atoms with Crippen LogP contribution in [0.4, 0.5) is 0 Å². The van der Waals surface area contributed by atoms with Crippen LogP contribution in [0.15, 0.2) is 23.1 Å². The number of fused-ring (bicyclic) bond motifs is 1. The number of benzene rings is 1. The van der Waals surface area contributed by atoms with Gasteiger partial charge in [-0.3, -0.25) is 0 Å². The van der Waals surface area contributed by atoms with Crippen molar-refractivity contribution in [3.8, 4) is 0 Å². The number of nitrogens with zero attached hydrogens (tertiary/aromatic N) is 1. The fourth-order valence-corrected chi connectivity index (χ4v) is 4.48. The molecule has 0 spiro atoms. The van der Waals surface area contributed by atoms with E-state index >= 15 is 0 Å². The third-order valence-electron chi connectivity index (χ3n) is 4.42. The summed E-state index contributed by atoms with van der Waals surface area (Å²) in [6.07, 6.45) is 5.42. The normalized spacial score (nSPS) is 22.4. The average Bonchev–Trinajstić information content (AvgIpc) is 3.07. The van der Waals surface area contributed by atoms with Crippen molar-refractivity contribution in [3.63, 3.8) is 0 Å². The highest BCUT2D eigenvalue weighted by Crippen LogP contribution is 2.26. The van der Waals surface area contributed by atoms with Gasteiger partial charge in [0.15, 0.2) is 0 Å². The van der Waals surface area contributed by atoms with Crippen molar-refractivity contribution in [3.05, 3.63) is 29.3 Å². The maximum absolute atomic E-state index is 12.6. The van der Waals surface area contributed by atoms with E-state index in [1.165, 1.54) is 15.4 Å². The van der Waals surface area contributed by atoms with Crippen LogP contribution in [-0.2, 0) is 22.9 Å². The standard InChI is InChI=1S/C15H22N2O2S/c1-17(11-14-6-3-9-16-14)20(18,19)15-8-7-12-4-2-5-13(12)10-15/h7-8,10,14,16H,2-6,9,11H2,1H3. The number of aryl methyl sites for hydroxylation is 2. The minimum Gasteiger partial charge on any atom is -0.313 e. The SMILES string of the molecule is CN(CC1CCCN1)S(=O)(=O)c1ccc2c(c1)CCC2. The van der Waals surface area contributed by atoms with Gasteiger partial charge in [0.05, 0.1) is 4.90 Å². The zero-order valence-corrected chi connectivity index (χ0v) is 12.7. The van der Waals surface area contributed by atoms with Gasteiger partial charge in [0.1, 0.15) is 0 Å². The number of nitrogens with one attached hydrogen (secondary N) is 1. The van der Waals surface area contributed by atoms with Gasteiger partial charge in [0, 0.05) is 19.6 Å². The first-order valence-corrected chi connectivity index (χ1v) is 8.83. The molecule has 1 fully saturated rings. The third kappa shape index (κ3) is 2.62.